The van der Waals surface area contributed by atoms with Crippen LogP contribution in [-0.2, 0) is 9.53 Å². The number of carbonyl (C=O) groups excluding carboxylic acids is 2. The third-order valence-electron chi connectivity index (χ3n) is 6.02. The average Bonchev–Trinajstić information content (AvgIpc) is 3.47. The highest BCUT2D eigenvalue weighted by Crippen LogP contribution is 2.33. The molecule has 1 aliphatic heterocycles. The van der Waals surface area contributed by atoms with Crippen LogP contribution in [0.1, 0.15) is 33.1 Å². The highest BCUT2D eigenvalue weighted by atomic mass is 16.6. The number of Topliss-reactive ketones (excluding diaryl/α,β-unsaturated/α-hetero) is 1. The number of rotatable bonds is 7. The van der Waals surface area contributed by atoms with Crippen molar-refractivity contribution in [3.8, 4) is 17.2 Å². The minimum Gasteiger partial charge on any atom is -0.486 e. The summed E-state index contributed by atoms with van der Waals surface area (Å²) in [4.78, 5) is 26.2. The fourth-order valence-electron chi connectivity index (χ4n) is 4.26. The number of hydrogen-bond acceptors (Lipinski definition) is 8. The van der Waals surface area contributed by atoms with E-state index in [2.05, 4.69) is 15.5 Å². The van der Waals surface area contributed by atoms with Crippen molar-refractivity contribution in [2.24, 2.45) is 0 Å². The van der Waals surface area contributed by atoms with Gasteiger partial charge in [0.05, 0.1) is 0 Å². The van der Waals surface area contributed by atoms with Gasteiger partial charge >= 0.3 is 5.97 Å². The van der Waals surface area contributed by atoms with Gasteiger partial charge in [0.2, 0.25) is 5.78 Å². The Balaban J connectivity index is 1.36. The van der Waals surface area contributed by atoms with Crippen LogP contribution in [0.3, 0.4) is 0 Å². The zero-order valence-electron chi connectivity index (χ0n) is 20.7. The van der Waals surface area contributed by atoms with Gasteiger partial charge in [-0.05, 0) is 61.0 Å². The van der Waals surface area contributed by atoms with E-state index in [1.54, 1.807) is 19.1 Å². The normalized spacial score (nSPS) is 12.9. The van der Waals surface area contributed by atoms with Crippen LogP contribution in [0.15, 0.2) is 54.6 Å². The summed E-state index contributed by atoms with van der Waals surface area (Å²) in [7, 11) is 0. The molecule has 0 aliphatic carbocycles. The van der Waals surface area contributed by atoms with Crippen LogP contribution >= 0.6 is 0 Å². The molecule has 1 aliphatic rings. The maximum absolute atomic E-state index is 13.1. The Kier molecular flexibility index (Phi) is 6.55. The van der Waals surface area contributed by atoms with Crippen molar-refractivity contribution in [1.29, 1.82) is 0 Å². The molecule has 188 valence electrons. The molecule has 0 unspecified atom stereocenters. The maximum atomic E-state index is 13.1. The highest BCUT2D eigenvalue weighted by Gasteiger charge is 2.22. The van der Waals surface area contributed by atoms with Gasteiger partial charge in [-0.2, -0.15) is 4.68 Å². The van der Waals surface area contributed by atoms with E-state index in [9.17, 15) is 9.59 Å². The first-order valence-electron chi connectivity index (χ1n) is 11.7. The van der Waals surface area contributed by atoms with Crippen LogP contribution in [0.5, 0.6) is 11.5 Å². The highest BCUT2D eigenvalue weighted by molar-refractivity contribution is 6.16. The van der Waals surface area contributed by atoms with Gasteiger partial charge in [0, 0.05) is 28.7 Å². The standard InChI is InChI=1S/C27H25N5O5/c1-17-13-22(18(2)31(17)21-9-10-25-26(15-21)36-12-11-35-25)24(33)16-37-27(34)23(32-19(3)28-29-30-32)14-20-7-5-4-6-8-20/h4-10,13-15H,11-12,16H2,1-3H3/b23-14-. The minimum absolute atomic E-state index is 0.100. The Morgan fingerprint density at radius 3 is 2.49 bits per heavy atom. The fraction of sp³-hybridized carbons (Fsp3) is 0.222. The fourth-order valence-corrected chi connectivity index (χ4v) is 4.26. The first-order chi connectivity index (χ1) is 17.9. The summed E-state index contributed by atoms with van der Waals surface area (Å²) in [6.45, 7) is 6.00. The van der Waals surface area contributed by atoms with E-state index < -0.39 is 12.6 Å². The van der Waals surface area contributed by atoms with Crippen molar-refractivity contribution >= 4 is 23.5 Å². The molecule has 37 heavy (non-hydrogen) atoms. The lowest BCUT2D eigenvalue weighted by atomic mass is 10.1. The Hall–Kier alpha value is -4.73. The van der Waals surface area contributed by atoms with Crippen molar-refractivity contribution < 1.29 is 23.8 Å². The van der Waals surface area contributed by atoms with Gasteiger partial charge in [0.15, 0.2) is 29.6 Å². The van der Waals surface area contributed by atoms with Gasteiger partial charge in [-0.15, -0.1) is 5.10 Å². The second-order valence-electron chi connectivity index (χ2n) is 8.53. The van der Waals surface area contributed by atoms with Crippen LogP contribution in [-0.4, -0.2) is 56.3 Å². The summed E-state index contributed by atoms with van der Waals surface area (Å²) in [5.74, 6) is 0.728. The molecule has 0 saturated carbocycles. The molecule has 5 rings (SSSR count). The predicted molar refractivity (Wildman–Crippen MR) is 135 cm³/mol. The molecule has 0 N–H and O–H groups in total. The van der Waals surface area contributed by atoms with Gasteiger partial charge in [0.25, 0.3) is 0 Å². The third kappa shape index (κ3) is 4.86. The zero-order chi connectivity index (χ0) is 25.9. The molecule has 3 heterocycles. The average molecular weight is 500 g/mol. The van der Waals surface area contributed by atoms with E-state index in [-0.39, 0.29) is 11.5 Å². The first-order valence-corrected chi connectivity index (χ1v) is 11.7. The molecule has 0 bridgehead atoms. The lowest BCUT2D eigenvalue weighted by Crippen LogP contribution is -2.19. The van der Waals surface area contributed by atoms with Crippen LogP contribution in [0.2, 0.25) is 0 Å². The molecule has 4 aromatic rings. The number of hydrogen-bond donors (Lipinski definition) is 0. The van der Waals surface area contributed by atoms with Crippen LogP contribution in [0.4, 0.5) is 0 Å². The Labute approximate surface area is 213 Å². The second kappa shape index (κ2) is 10.1. The number of ketones is 1. The largest absolute Gasteiger partial charge is 0.486 e. The van der Waals surface area contributed by atoms with Crippen molar-refractivity contribution in [3.63, 3.8) is 0 Å². The molecule has 0 amide bonds. The summed E-state index contributed by atoms with van der Waals surface area (Å²) >= 11 is 0. The number of nitrogens with zero attached hydrogens (tertiary/aromatic N) is 5. The van der Waals surface area contributed by atoms with Crippen molar-refractivity contribution in [1.82, 2.24) is 24.8 Å². The quantitative estimate of drug-likeness (QED) is 0.216. The molecule has 10 nitrogen and oxygen atoms in total. The number of fused-ring (bicyclic) bond motifs is 1. The lowest BCUT2D eigenvalue weighted by Gasteiger charge is -2.20. The lowest BCUT2D eigenvalue weighted by molar-refractivity contribution is -0.136. The number of carbonyl (C=O) groups is 2. The van der Waals surface area contributed by atoms with E-state index in [4.69, 9.17) is 14.2 Å². The van der Waals surface area contributed by atoms with E-state index in [1.165, 1.54) is 4.68 Å². The summed E-state index contributed by atoms with van der Waals surface area (Å²) in [5, 5.41) is 11.4. The molecule has 0 radical (unpaired) electrons. The molecule has 0 saturated heterocycles. The molecule has 0 fully saturated rings. The van der Waals surface area contributed by atoms with Gasteiger partial charge < -0.3 is 18.8 Å². The zero-order valence-corrected chi connectivity index (χ0v) is 20.7. The summed E-state index contributed by atoms with van der Waals surface area (Å²) < 4.78 is 20.0. The van der Waals surface area contributed by atoms with Crippen LogP contribution in [0, 0.1) is 20.8 Å². The maximum Gasteiger partial charge on any atom is 0.357 e. The summed E-state index contributed by atoms with van der Waals surface area (Å²) in [5.41, 5.74) is 3.76. The third-order valence-corrected chi connectivity index (χ3v) is 6.02. The Morgan fingerprint density at radius 1 is 1.00 bits per heavy atom. The summed E-state index contributed by atoms with van der Waals surface area (Å²) in [6, 6.07) is 16.7. The second-order valence-corrected chi connectivity index (χ2v) is 8.53. The van der Waals surface area contributed by atoms with Crippen molar-refractivity contribution in [2.75, 3.05) is 19.8 Å². The molecular formula is C27H25N5O5. The molecule has 2 aromatic carbocycles. The first kappa shape index (κ1) is 24.0. The SMILES string of the molecule is Cc1nnnn1/C(=C\c1ccccc1)C(=O)OCC(=O)c1cc(C)n(-c2ccc3c(c2)OCCO3)c1C. The van der Waals surface area contributed by atoms with Crippen LogP contribution < -0.4 is 9.47 Å². The molecule has 0 atom stereocenters. The number of ether oxygens (including phenoxy) is 3. The van der Waals surface area contributed by atoms with Gasteiger partial charge in [0.1, 0.15) is 13.2 Å². The van der Waals surface area contributed by atoms with Gasteiger partial charge in [-0.3, -0.25) is 4.79 Å². The van der Waals surface area contributed by atoms with Crippen LogP contribution in [0.25, 0.3) is 17.5 Å². The number of aromatic nitrogens is 5. The number of aryl methyl sites for hydroxylation is 2. The van der Waals surface area contributed by atoms with Crippen molar-refractivity contribution in [2.45, 2.75) is 20.8 Å². The van der Waals surface area contributed by atoms with Gasteiger partial charge in [-0.25, -0.2) is 4.79 Å². The van der Waals surface area contributed by atoms with Crippen molar-refractivity contribution in [3.05, 3.63) is 82.9 Å². The molecule has 10 heteroatoms. The van der Waals surface area contributed by atoms with E-state index in [0.717, 1.165) is 22.6 Å². The Bertz CT molecular complexity index is 1500. The monoisotopic (exact) mass is 499 g/mol. The molecule has 0 spiro atoms. The topological polar surface area (TPSA) is 110 Å². The van der Waals surface area contributed by atoms with Gasteiger partial charge in [-0.1, -0.05) is 30.3 Å². The predicted octanol–water partition coefficient (Wildman–Crippen LogP) is 3.58. The molecular weight excluding hydrogens is 474 g/mol. The number of benzene rings is 2. The number of tetrazole rings is 1. The van der Waals surface area contributed by atoms with E-state index in [1.807, 2.05) is 66.9 Å². The Morgan fingerprint density at radius 2 is 1.76 bits per heavy atom. The summed E-state index contributed by atoms with van der Waals surface area (Å²) in [6.07, 6.45) is 1.61. The number of esters is 1. The van der Waals surface area contributed by atoms with E-state index in [0.29, 0.717) is 36.1 Å². The van der Waals surface area contributed by atoms with E-state index >= 15 is 0 Å². The molecule has 2 aromatic heterocycles. The minimum atomic E-state index is -0.715. The smallest absolute Gasteiger partial charge is 0.357 e.